The Kier molecular flexibility index (Phi) is 6.26. The number of rotatable bonds is 2. The molecule has 0 bridgehead atoms. The van der Waals surface area contributed by atoms with Crippen molar-refractivity contribution in [2.75, 3.05) is 6.61 Å². The van der Waals surface area contributed by atoms with Gasteiger partial charge in [-0.2, -0.15) is 0 Å². The van der Waals surface area contributed by atoms with E-state index in [0.717, 1.165) is 18.4 Å². The molecular formula is C18H32O. The molecule has 2 aliphatic rings. The highest BCUT2D eigenvalue weighted by atomic mass is 16.5. The first-order chi connectivity index (χ1) is 9.33. The Morgan fingerprint density at radius 2 is 1.74 bits per heavy atom. The predicted octanol–water partition coefficient (Wildman–Crippen LogP) is 5.85. The fourth-order valence-electron chi connectivity index (χ4n) is 3.83. The lowest BCUT2D eigenvalue weighted by Crippen LogP contribution is -2.18. The first-order valence-electron chi connectivity index (χ1n) is 8.68. The fourth-order valence-corrected chi connectivity index (χ4v) is 3.83. The summed E-state index contributed by atoms with van der Waals surface area (Å²) in [7, 11) is 0. The Labute approximate surface area is 119 Å². The lowest BCUT2D eigenvalue weighted by Gasteiger charge is -2.30. The van der Waals surface area contributed by atoms with Gasteiger partial charge in [-0.25, -0.2) is 0 Å². The van der Waals surface area contributed by atoms with Crippen LogP contribution in [0.1, 0.15) is 84.5 Å². The van der Waals surface area contributed by atoms with Crippen molar-refractivity contribution in [1.29, 1.82) is 0 Å². The summed E-state index contributed by atoms with van der Waals surface area (Å²) in [6.45, 7) is 5.72. The smallest absolute Gasteiger partial charge is 0.0985 e. The summed E-state index contributed by atoms with van der Waals surface area (Å²) in [6.07, 6.45) is 15.0. The van der Waals surface area contributed by atoms with Crippen molar-refractivity contribution < 1.29 is 4.74 Å². The molecule has 1 aliphatic heterocycles. The Balaban J connectivity index is 2.18. The lowest BCUT2D eigenvalue weighted by molar-refractivity contribution is 0.140. The molecule has 110 valence electrons. The van der Waals surface area contributed by atoms with Gasteiger partial charge in [0, 0.05) is 5.92 Å². The molecule has 1 nitrogen and oxygen atoms in total. The number of allylic oxidation sites excluding steroid dienone is 2. The molecular weight excluding hydrogens is 232 g/mol. The SMILES string of the molecule is CCCC1CCCCCCCC(C)C2=C1OCCC2. The van der Waals surface area contributed by atoms with E-state index in [0.29, 0.717) is 0 Å². The van der Waals surface area contributed by atoms with Crippen LogP contribution in [0.3, 0.4) is 0 Å². The summed E-state index contributed by atoms with van der Waals surface area (Å²) < 4.78 is 6.17. The van der Waals surface area contributed by atoms with E-state index >= 15 is 0 Å². The molecule has 2 atom stereocenters. The molecule has 0 radical (unpaired) electrons. The Bertz CT molecular complexity index is 292. The average molecular weight is 264 g/mol. The summed E-state index contributed by atoms with van der Waals surface area (Å²) in [4.78, 5) is 0. The second kappa shape index (κ2) is 7.97. The van der Waals surface area contributed by atoms with Crippen LogP contribution in [-0.2, 0) is 4.74 Å². The standard InChI is InChI=1S/C18H32O/c1-3-10-16-12-8-6-4-5-7-11-15(2)17-13-9-14-19-18(16)17/h15-16H,3-14H2,1-2H3. The van der Waals surface area contributed by atoms with Gasteiger partial charge in [-0.1, -0.05) is 52.4 Å². The minimum absolute atomic E-state index is 0.723. The molecule has 0 saturated heterocycles. The summed E-state index contributed by atoms with van der Waals surface area (Å²) in [6, 6.07) is 0. The van der Waals surface area contributed by atoms with Gasteiger partial charge in [0.05, 0.1) is 12.4 Å². The van der Waals surface area contributed by atoms with E-state index in [9.17, 15) is 0 Å². The molecule has 0 spiro atoms. The molecule has 19 heavy (non-hydrogen) atoms. The Morgan fingerprint density at radius 1 is 1.00 bits per heavy atom. The summed E-state index contributed by atoms with van der Waals surface area (Å²) in [5.74, 6) is 2.91. The molecule has 1 heterocycles. The van der Waals surface area contributed by atoms with E-state index in [-0.39, 0.29) is 0 Å². The Morgan fingerprint density at radius 3 is 2.53 bits per heavy atom. The topological polar surface area (TPSA) is 9.23 Å². The first-order valence-corrected chi connectivity index (χ1v) is 8.68. The van der Waals surface area contributed by atoms with Crippen molar-refractivity contribution in [2.24, 2.45) is 11.8 Å². The van der Waals surface area contributed by atoms with Crippen LogP contribution in [0.25, 0.3) is 0 Å². The molecule has 1 aliphatic carbocycles. The third kappa shape index (κ3) is 4.26. The van der Waals surface area contributed by atoms with Crippen LogP contribution in [0.4, 0.5) is 0 Å². The minimum atomic E-state index is 0.723. The maximum atomic E-state index is 6.17. The van der Waals surface area contributed by atoms with E-state index in [1.54, 1.807) is 5.57 Å². The largest absolute Gasteiger partial charge is 0.498 e. The van der Waals surface area contributed by atoms with Gasteiger partial charge in [-0.3, -0.25) is 0 Å². The summed E-state index contributed by atoms with van der Waals surface area (Å²) in [5.41, 5.74) is 1.69. The van der Waals surface area contributed by atoms with Crippen LogP contribution < -0.4 is 0 Å². The number of hydrogen-bond acceptors (Lipinski definition) is 1. The zero-order chi connectivity index (χ0) is 13.5. The first kappa shape index (κ1) is 14.9. The molecule has 0 aromatic carbocycles. The van der Waals surface area contributed by atoms with Crippen molar-refractivity contribution in [3.63, 3.8) is 0 Å². The number of hydrogen-bond donors (Lipinski definition) is 0. The zero-order valence-electron chi connectivity index (χ0n) is 13.0. The van der Waals surface area contributed by atoms with Gasteiger partial charge < -0.3 is 4.74 Å². The Hall–Kier alpha value is -0.460. The van der Waals surface area contributed by atoms with Crippen LogP contribution in [0.15, 0.2) is 11.3 Å². The molecule has 0 aromatic heterocycles. The lowest BCUT2D eigenvalue weighted by atomic mass is 9.84. The van der Waals surface area contributed by atoms with Gasteiger partial charge in [0.15, 0.2) is 0 Å². The van der Waals surface area contributed by atoms with Gasteiger partial charge >= 0.3 is 0 Å². The van der Waals surface area contributed by atoms with E-state index in [4.69, 9.17) is 4.74 Å². The monoisotopic (exact) mass is 264 g/mol. The predicted molar refractivity (Wildman–Crippen MR) is 82.1 cm³/mol. The highest BCUT2D eigenvalue weighted by Crippen LogP contribution is 2.37. The average Bonchev–Trinajstić information content (AvgIpc) is 2.47. The molecule has 2 rings (SSSR count). The van der Waals surface area contributed by atoms with Gasteiger partial charge in [0.25, 0.3) is 0 Å². The maximum Gasteiger partial charge on any atom is 0.0985 e. The van der Waals surface area contributed by atoms with Crippen molar-refractivity contribution in [3.05, 3.63) is 11.3 Å². The molecule has 1 heteroatoms. The van der Waals surface area contributed by atoms with Gasteiger partial charge in [-0.15, -0.1) is 0 Å². The molecule has 0 saturated carbocycles. The van der Waals surface area contributed by atoms with Crippen LogP contribution in [0, 0.1) is 11.8 Å². The quantitative estimate of drug-likeness (QED) is 0.608. The summed E-state index contributed by atoms with van der Waals surface area (Å²) >= 11 is 0. The van der Waals surface area contributed by atoms with Gasteiger partial charge in [0.1, 0.15) is 0 Å². The zero-order valence-corrected chi connectivity index (χ0v) is 13.0. The van der Waals surface area contributed by atoms with E-state index < -0.39 is 0 Å². The third-order valence-electron chi connectivity index (χ3n) is 4.96. The molecule has 2 unspecified atom stereocenters. The van der Waals surface area contributed by atoms with Crippen LogP contribution in [0.5, 0.6) is 0 Å². The molecule has 0 aromatic rings. The minimum Gasteiger partial charge on any atom is -0.498 e. The van der Waals surface area contributed by atoms with Gasteiger partial charge in [-0.05, 0) is 43.6 Å². The van der Waals surface area contributed by atoms with Crippen molar-refractivity contribution in [1.82, 2.24) is 0 Å². The van der Waals surface area contributed by atoms with Gasteiger partial charge in [0.2, 0.25) is 0 Å². The van der Waals surface area contributed by atoms with E-state index in [2.05, 4.69) is 13.8 Å². The number of ether oxygens (including phenoxy) is 1. The second-order valence-electron chi connectivity index (χ2n) is 6.57. The highest BCUT2D eigenvalue weighted by molar-refractivity contribution is 5.16. The maximum absolute atomic E-state index is 6.17. The van der Waals surface area contributed by atoms with Crippen molar-refractivity contribution in [3.8, 4) is 0 Å². The van der Waals surface area contributed by atoms with Crippen LogP contribution in [0.2, 0.25) is 0 Å². The normalized spacial score (nSPS) is 30.2. The summed E-state index contributed by atoms with van der Waals surface area (Å²) in [5, 5.41) is 0. The molecule has 0 N–H and O–H groups in total. The second-order valence-corrected chi connectivity index (χ2v) is 6.57. The fraction of sp³-hybridized carbons (Fsp3) is 0.889. The van der Waals surface area contributed by atoms with Crippen LogP contribution >= 0.6 is 0 Å². The molecule has 0 fully saturated rings. The van der Waals surface area contributed by atoms with E-state index in [1.165, 1.54) is 76.4 Å². The van der Waals surface area contributed by atoms with Crippen molar-refractivity contribution in [2.45, 2.75) is 84.5 Å². The van der Waals surface area contributed by atoms with Crippen LogP contribution in [-0.4, -0.2) is 6.61 Å². The van der Waals surface area contributed by atoms with Crippen molar-refractivity contribution >= 4 is 0 Å². The highest BCUT2D eigenvalue weighted by Gasteiger charge is 2.25. The van der Waals surface area contributed by atoms with E-state index in [1.807, 2.05) is 0 Å². The third-order valence-corrected chi connectivity index (χ3v) is 4.96. The molecule has 0 amide bonds.